The maximum Gasteiger partial charge on any atom is 0.307 e. The second kappa shape index (κ2) is 5.52. The Hall–Kier alpha value is -1.06. The summed E-state index contributed by atoms with van der Waals surface area (Å²) in [5.74, 6) is 0.303. The first kappa shape index (κ1) is 12.4. The number of ether oxygens (including phenoxy) is 1. The van der Waals surface area contributed by atoms with Crippen molar-refractivity contribution in [2.24, 2.45) is 11.7 Å². The van der Waals surface area contributed by atoms with Gasteiger partial charge >= 0.3 is 5.97 Å². The summed E-state index contributed by atoms with van der Waals surface area (Å²) in [4.78, 5) is 11.5. The molecule has 0 aliphatic heterocycles. The summed E-state index contributed by atoms with van der Waals surface area (Å²) in [6, 6.07) is 7.21. The number of rotatable bonds is 5. The minimum atomic E-state index is -0.223. The zero-order valence-electron chi connectivity index (χ0n) is 9.56. The Morgan fingerprint density at radius 1 is 1.41 bits per heavy atom. The Labute approximate surface area is 106 Å². The molecule has 1 atom stereocenters. The molecule has 1 fully saturated rings. The summed E-state index contributed by atoms with van der Waals surface area (Å²) in [7, 11) is 0. The van der Waals surface area contributed by atoms with E-state index in [2.05, 4.69) is 0 Å². The molecule has 92 valence electrons. The van der Waals surface area contributed by atoms with Crippen LogP contribution in [0.2, 0.25) is 5.02 Å². The van der Waals surface area contributed by atoms with E-state index in [0.29, 0.717) is 17.4 Å². The van der Waals surface area contributed by atoms with Crippen molar-refractivity contribution in [3.63, 3.8) is 0 Å². The second-order valence-electron chi connectivity index (χ2n) is 4.49. The van der Waals surface area contributed by atoms with Gasteiger partial charge in [-0.25, -0.2) is 0 Å². The first-order valence-electron chi connectivity index (χ1n) is 5.81. The van der Waals surface area contributed by atoms with Crippen LogP contribution in [0.4, 0.5) is 0 Å². The van der Waals surface area contributed by atoms with Crippen LogP contribution >= 0.6 is 11.6 Å². The lowest BCUT2D eigenvalue weighted by atomic mass is 10.1. The summed E-state index contributed by atoms with van der Waals surface area (Å²) in [5.41, 5.74) is 6.78. The molecule has 1 aliphatic rings. The van der Waals surface area contributed by atoms with Crippen molar-refractivity contribution in [3.05, 3.63) is 34.9 Å². The molecule has 0 heterocycles. The van der Waals surface area contributed by atoms with E-state index in [9.17, 15) is 4.79 Å². The molecule has 0 radical (unpaired) electrons. The minimum absolute atomic E-state index is 0.0345. The Kier molecular flexibility index (Phi) is 4.02. The van der Waals surface area contributed by atoms with Gasteiger partial charge in [0.2, 0.25) is 0 Å². The zero-order chi connectivity index (χ0) is 12.3. The van der Waals surface area contributed by atoms with Gasteiger partial charge in [-0.3, -0.25) is 4.79 Å². The lowest BCUT2D eigenvalue weighted by molar-refractivity contribution is -0.145. The summed E-state index contributed by atoms with van der Waals surface area (Å²) < 4.78 is 5.15. The second-order valence-corrected chi connectivity index (χ2v) is 4.93. The molecule has 1 aromatic rings. The quantitative estimate of drug-likeness (QED) is 0.821. The normalized spacial score (nSPS) is 16.6. The van der Waals surface area contributed by atoms with Crippen molar-refractivity contribution in [3.8, 4) is 0 Å². The van der Waals surface area contributed by atoms with Gasteiger partial charge in [0.25, 0.3) is 0 Å². The van der Waals surface area contributed by atoms with Crippen LogP contribution in [0.25, 0.3) is 0 Å². The number of halogens is 1. The Bertz CT molecular complexity index is 387. The van der Waals surface area contributed by atoms with Crippen LogP contribution in [0.3, 0.4) is 0 Å². The third-order valence-corrected chi connectivity index (χ3v) is 3.19. The van der Waals surface area contributed by atoms with Gasteiger partial charge in [-0.05, 0) is 36.5 Å². The van der Waals surface area contributed by atoms with Crippen molar-refractivity contribution in [2.75, 3.05) is 0 Å². The van der Waals surface area contributed by atoms with E-state index in [1.165, 1.54) is 0 Å². The average Bonchev–Trinajstić information content (AvgIpc) is 3.12. The maximum atomic E-state index is 11.5. The first-order chi connectivity index (χ1) is 8.15. The third kappa shape index (κ3) is 4.02. The summed E-state index contributed by atoms with van der Waals surface area (Å²) in [5, 5.41) is 0.677. The van der Waals surface area contributed by atoms with Gasteiger partial charge in [0.1, 0.15) is 6.61 Å². The standard InChI is InChI=1S/C13H16ClNO2/c14-11-5-1-9(2-6-11)8-17-13(16)7-12(15)10-3-4-10/h1-2,5-6,10,12H,3-4,7-8,15H2. The van der Waals surface area contributed by atoms with Crippen molar-refractivity contribution in [1.82, 2.24) is 0 Å². The number of hydrogen-bond donors (Lipinski definition) is 1. The summed E-state index contributed by atoms with van der Waals surface area (Å²) in [6.45, 7) is 0.285. The Balaban J connectivity index is 1.73. The highest BCUT2D eigenvalue weighted by atomic mass is 35.5. The van der Waals surface area contributed by atoms with Crippen LogP contribution < -0.4 is 5.73 Å². The van der Waals surface area contributed by atoms with Crippen LogP contribution in [0, 0.1) is 5.92 Å². The van der Waals surface area contributed by atoms with E-state index in [1.807, 2.05) is 12.1 Å². The molecule has 0 saturated heterocycles. The first-order valence-corrected chi connectivity index (χ1v) is 6.18. The number of carbonyl (C=O) groups is 1. The van der Waals surface area contributed by atoms with Crippen LogP contribution in [0.1, 0.15) is 24.8 Å². The SMILES string of the molecule is NC(CC(=O)OCc1ccc(Cl)cc1)C1CC1. The molecule has 1 aromatic carbocycles. The van der Waals surface area contributed by atoms with E-state index >= 15 is 0 Å². The molecular weight excluding hydrogens is 238 g/mol. The predicted octanol–water partition coefficient (Wildman–Crippen LogP) is 2.51. The topological polar surface area (TPSA) is 52.3 Å². The van der Waals surface area contributed by atoms with Gasteiger partial charge < -0.3 is 10.5 Å². The van der Waals surface area contributed by atoms with E-state index in [4.69, 9.17) is 22.1 Å². The van der Waals surface area contributed by atoms with Gasteiger partial charge in [-0.15, -0.1) is 0 Å². The lowest BCUT2D eigenvalue weighted by Gasteiger charge is -2.09. The maximum absolute atomic E-state index is 11.5. The monoisotopic (exact) mass is 253 g/mol. The fourth-order valence-electron chi connectivity index (χ4n) is 1.69. The van der Waals surface area contributed by atoms with E-state index < -0.39 is 0 Å². The van der Waals surface area contributed by atoms with Gasteiger partial charge in [0.05, 0.1) is 6.42 Å². The van der Waals surface area contributed by atoms with Gasteiger partial charge in [0.15, 0.2) is 0 Å². The van der Waals surface area contributed by atoms with Gasteiger partial charge in [-0.1, -0.05) is 23.7 Å². The van der Waals surface area contributed by atoms with E-state index in [0.717, 1.165) is 18.4 Å². The van der Waals surface area contributed by atoms with Crippen LogP contribution in [-0.4, -0.2) is 12.0 Å². The Morgan fingerprint density at radius 2 is 2.06 bits per heavy atom. The highest BCUT2D eigenvalue weighted by Crippen LogP contribution is 2.32. The minimum Gasteiger partial charge on any atom is -0.461 e. The van der Waals surface area contributed by atoms with Crippen molar-refractivity contribution in [2.45, 2.75) is 31.9 Å². The van der Waals surface area contributed by atoms with Crippen LogP contribution in [0.15, 0.2) is 24.3 Å². The molecule has 0 spiro atoms. The van der Waals surface area contributed by atoms with Gasteiger partial charge in [0, 0.05) is 11.1 Å². The third-order valence-electron chi connectivity index (χ3n) is 2.94. The summed E-state index contributed by atoms with van der Waals surface area (Å²) in [6.07, 6.45) is 2.61. The number of hydrogen-bond acceptors (Lipinski definition) is 3. The zero-order valence-corrected chi connectivity index (χ0v) is 10.3. The molecule has 0 amide bonds. The lowest BCUT2D eigenvalue weighted by Crippen LogP contribution is -2.26. The fourth-order valence-corrected chi connectivity index (χ4v) is 1.81. The summed E-state index contributed by atoms with van der Waals surface area (Å²) >= 11 is 5.76. The van der Waals surface area contributed by atoms with E-state index in [1.54, 1.807) is 12.1 Å². The Morgan fingerprint density at radius 3 is 2.65 bits per heavy atom. The molecule has 2 N–H and O–H groups in total. The molecule has 2 rings (SSSR count). The smallest absolute Gasteiger partial charge is 0.307 e. The molecular formula is C13H16ClNO2. The van der Waals surface area contributed by atoms with Crippen molar-refractivity contribution in [1.29, 1.82) is 0 Å². The van der Waals surface area contributed by atoms with Crippen LogP contribution in [-0.2, 0) is 16.1 Å². The molecule has 4 heteroatoms. The van der Waals surface area contributed by atoms with Crippen molar-refractivity contribution < 1.29 is 9.53 Å². The number of esters is 1. The molecule has 17 heavy (non-hydrogen) atoms. The molecule has 0 bridgehead atoms. The van der Waals surface area contributed by atoms with Crippen molar-refractivity contribution >= 4 is 17.6 Å². The molecule has 0 aromatic heterocycles. The average molecular weight is 254 g/mol. The molecule has 1 unspecified atom stereocenters. The van der Waals surface area contributed by atoms with Gasteiger partial charge in [-0.2, -0.15) is 0 Å². The van der Waals surface area contributed by atoms with Crippen LogP contribution in [0.5, 0.6) is 0 Å². The fraction of sp³-hybridized carbons (Fsp3) is 0.462. The molecule has 1 aliphatic carbocycles. The molecule has 1 saturated carbocycles. The highest BCUT2D eigenvalue weighted by molar-refractivity contribution is 6.30. The number of nitrogens with two attached hydrogens (primary N) is 1. The van der Waals surface area contributed by atoms with E-state index in [-0.39, 0.29) is 18.6 Å². The highest BCUT2D eigenvalue weighted by Gasteiger charge is 2.30. The largest absolute Gasteiger partial charge is 0.461 e. The number of benzene rings is 1. The molecule has 3 nitrogen and oxygen atoms in total. The number of carbonyl (C=O) groups excluding carboxylic acids is 1. The predicted molar refractivity (Wildman–Crippen MR) is 66.6 cm³/mol.